The lowest BCUT2D eigenvalue weighted by molar-refractivity contribution is 0.657. The summed E-state index contributed by atoms with van der Waals surface area (Å²) in [5.41, 5.74) is 8.37. The molecule has 0 atom stereocenters. The molecule has 0 bridgehead atoms. The first kappa shape index (κ1) is 21.0. The van der Waals surface area contributed by atoms with Gasteiger partial charge >= 0.3 is 0 Å². The van der Waals surface area contributed by atoms with Crippen molar-refractivity contribution in [3.8, 4) is 33.1 Å². The van der Waals surface area contributed by atoms with E-state index in [4.69, 9.17) is 0 Å². The summed E-state index contributed by atoms with van der Waals surface area (Å²) in [6, 6.07) is 15.5. The summed E-state index contributed by atoms with van der Waals surface area (Å²) in [6.07, 6.45) is 7.84. The summed E-state index contributed by atoms with van der Waals surface area (Å²) in [4.78, 5) is 13.2. The van der Waals surface area contributed by atoms with Gasteiger partial charge < -0.3 is 10.3 Å². The highest BCUT2D eigenvalue weighted by atomic mass is 32.1. The van der Waals surface area contributed by atoms with Crippen molar-refractivity contribution in [3.63, 3.8) is 0 Å². The molecule has 0 radical (unpaired) electrons. The molecular formula is C28H21FN6S. The van der Waals surface area contributed by atoms with Gasteiger partial charge in [-0.1, -0.05) is 12.6 Å². The molecule has 36 heavy (non-hydrogen) atoms. The Labute approximate surface area is 209 Å². The molecule has 6 nitrogen and oxygen atoms in total. The van der Waals surface area contributed by atoms with E-state index in [-0.39, 0.29) is 5.13 Å². The Morgan fingerprint density at radius 2 is 1.86 bits per heavy atom. The highest BCUT2D eigenvalue weighted by Gasteiger charge is 2.24. The van der Waals surface area contributed by atoms with E-state index in [9.17, 15) is 4.39 Å². The van der Waals surface area contributed by atoms with Crippen LogP contribution in [0.5, 0.6) is 0 Å². The number of aromatic amines is 2. The van der Waals surface area contributed by atoms with Gasteiger partial charge in [0.05, 0.1) is 33.7 Å². The van der Waals surface area contributed by atoms with Gasteiger partial charge in [0.15, 0.2) is 5.13 Å². The Balaban J connectivity index is 1.28. The molecule has 5 heterocycles. The normalized spacial score (nSPS) is 13.5. The van der Waals surface area contributed by atoms with E-state index in [1.165, 1.54) is 18.9 Å². The van der Waals surface area contributed by atoms with E-state index in [0.717, 1.165) is 77.6 Å². The van der Waals surface area contributed by atoms with Crippen LogP contribution in [0.15, 0.2) is 79.4 Å². The zero-order valence-corrected chi connectivity index (χ0v) is 20.0. The quantitative estimate of drug-likeness (QED) is 0.227. The second-order valence-electron chi connectivity index (χ2n) is 9.13. The number of hydrogen-bond acceptors (Lipinski definition) is 5. The molecule has 0 unspecified atom stereocenters. The predicted molar refractivity (Wildman–Crippen MR) is 143 cm³/mol. The van der Waals surface area contributed by atoms with Crippen LogP contribution in [0.1, 0.15) is 12.8 Å². The largest absolute Gasteiger partial charge is 0.358 e. The third-order valence-corrected chi connectivity index (χ3v) is 7.50. The van der Waals surface area contributed by atoms with Crippen LogP contribution in [0.2, 0.25) is 0 Å². The Bertz CT molecular complexity index is 1770. The summed E-state index contributed by atoms with van der Waals surface area (Å²) in [5, 5.41) is 12.9. The lowest BCUT2D eigenvalue weighted by atomic mass is 10.0. The Morgan fingerprint density at radius 3 is 2.69 bits per heavy atom. The molecule has 0 spiro atoms. The number of pyridine rings is 2. The fourth-order valence-electron chi connectivity index (χ4n) is 4.60. The van der Waals surface area contributed by atoms with Crippen LogP contribution >= 0.6 is 11.3 Å². The van der Waals surface area contributed by atoms with Gasteiger partial charge in [-0.15, -0.1) is 11.3 Å². The molecule has 8 heteroatoms. The van der Waals surface area contributed by atoms with Crippen LogP contribution in [0, 0.1) is 11.0 Å². The highest BCUT2D eigenvalue weighted by Crippen LogP contribution is 2.37. The number of fused-ring (bicyclic) bond motifs is 2. The number of rotatable bonds is 6. The van der Waals surface area contributed by atoms with Crippen LogP contribution in [0.4, 0.5) is 10.1 Å². The molecule has 1 aliphatic carbocycles. The first-order valence-electron chi connectivity index (χ1n) is 11.8. The number of benzene rings is 1. The van der Waals surface area contributed by atoms with Crippen LogP contribution in [0.3, 0.4) is 0 Å². The van der Waals surface area contributed by atoms with E-state index in [0.29, 0.717) is 5.92 Å². The molecule has 5 aromatic heterocycles. The molecule has 1 fully saturated rings. The third kappa shape index (κ3) is 3.67. The molecule has 1 aliphatic rings. The molecule has 1 saturated carbocycles. The van der Waals surface area contributed by atoms with E-state index < -0.39 is 0 Å². The minimum Gasteiger partial charge on any atom is -0.358 e. The summed E-state index contributed by atoms with van der Waals surface area (Å²) >= 11 is 1.09. The number of anilines is 1. The average molecular weight is 493 g/mol. The van der Waals surface area contributed by atoms with E-state index in [1.54, 1.807) is 12.3 Å². The average Bonchev–Trinajstić information content (AvgIpc) is 3.30. The number of H-pyrrole nitrogens is 2. The van der Waals surface area contributed by atoms with Crippen molar-refractivity contribution < 1.29 is 4.39 Å². The van der Waals surface area contributed by atoms with Gasteiger partial charge in [-0.2, -0.15) is 9.49 Å². The van der Waals surface area contributed by atoms with Crippen LogP contribution in [-0.4, -0.2) is 25.1 Å². The molecule has 0 aliphatic heterocycles. The summed E-state index contributed by atoms with van der Waals surface area (Å²) < 4.78 is 13.7. The van der Waals surface area contributed by atoms with Crippen molar-refractivity contribution >= 4 is 38.8 Å². The Kier molecular flexibility index (Phi) is 4.75. The smallest absolute Gasteiger partial charge is 0.177 e. The van der Waals surface area contributed by atoms with Crippen LogP contribution < -0.4 is 5.32 Å². The molecule has 7 rings (SSSR count). The summed E-state index contributed by atoms with van der Waals surface area (Å²) in [6.45, 7) is 4.16. The zero-order chi connectivity index (χ0) is 24.2. The highest BCUT2D eigenvalue weighted by molar-refractivity contribution is 7.13. The van der Waals surface area contributed by atoms with Crippen LogP contribution in [-0.2, 0) is 0 Å². The Hall–Kier alpha value is -4.30. The number of allylic oxidation sites excluding steroid dienone is 1. The summed E-state index contributed by atoms with van der Waals surface area (Å²) in [5.74, 6) is 0.573. The zero-order valence-electron chi connectivity index (χ0n) is 19.2. The lowest BCUT2D eigenvalue weighted by Crippen LogP contribution is -2.00. The van der Waals surface area contributed by atoms with Crippen LogP contribution in [0.25, 0.3) is 54.9 Å². The second-order valence-corrected chi connectivity index (χ2v) is 10.2. The van der Waals surface area contributed by atoms with Gasteiger partial charge in [0.25, 0.3) is 0 Å². The maximum absolute atomic E-state index is 13.7. The molecule has 0 saturated heterocycles. The van der Waals surface area contributed by atoms with E-state index >= 15 is 0 Å². The summed E-state index contributed by atoms with van der Waals surface area (Å²) in [7, 11) is 0. The fourth-order valence-corrected chi connectivity index (χ4v) is 5.35. The van der Waals surface area contributed by atoms with Crippen molar-refractivity contribution in [2.24, 2.45) is 5.92 Å². The van der Waals surface area contributed by atoms with Gasteiger partial charge in [0, 0.05) is 39.9 Å². The second kappa shape index (κ2) is 8.13. The molecular weight excluding hydrogens is 471 g/mol. The van der Waals surface area contributed by atoms with Gasteiger partial charge in [-0.05, 0) is 66.8 Å². The Morgan fingerprint density at radius 1 is 0.972 bits per heavy atom. The number of hydrogen-bond donors (Lipinski definition) is 3. The molecule has 0 amide bonds. The van der Waals surface area contributed by atoms with Crippen molar-refractivity contribution in [2.45, 2.75) is 12.8 Å². The topological polar surface area (TPSA) is 82.3 Å². The fraction of sp³-hybridized carbons (Fsp3) is 0.107. The van der Waals surface area contributed by atoms with E-state index in [2.05, 4.69) is 55.2 Å². The van der Waals surface area contributed by atoms with Gasteiger partial charge in [-0.25, -0.2) is 0 Å². The SMILES string of the molecule is C=C(Nc1cncc(-c2ccc3[nH]nc(-c4cc5c(-c6ccc(F)s6)nccc5[nH]4)c3c2)c1)C1CC1. The lowest BCUT2D eigenvalue weighted by Gasteiger charge is -2.10. The number of aromatic nitrogens is 5. The van der Waals surface area contributed by atoms with Crippen molar-refractivity contribution in [1.29, 1.82) is 0 Å². The first-order valence-corrected chi connectivity index (χ1v) is 12.6. The van der Waals surface area contributed by atoms with E-state index in [1.807, 2.05) is 30.6 Å². The van der Waals surface area contributed by atoms with Gasteiger partial charge in [-0.3, -0.25) is 15.1 Å². The first-order chi connectivity index (χ1) is 17.6. The molecule has 176 valence electrons. The van der Waals surface area contributed by atoms with Crippen molar-refractivity contribution in [3.05, 3.63) is 84.5 Å². The number of nitrogens with zero attached hydrogens (tertiary/aromatic N) is 3. The number of thiophene rings is 1. The standard InChI is InChI=1S/C28H21FN6S/c1-15(16-2-3-16)32-19-10-18(13-30-14-19)17-4-5-23-20(11-17)27(35-34-23)24-12-21-22(33-24)8-9-31-28(21)25-6-7-26(29)36-25/h4-14,16,32-33H,1-3H2,(H,34,35). The molecule has 1 aromatic carbocycles. The number of halogens is 1. The monoisotopic (exact) mass is 492 g/mol. The van der Waals surface area contributed by atoms with Crippen molar-refractivity contribution in [1.82, 2.24) is 25.1 Å². The van der Waals surface area contributed by atoms with Gasteiger partial charge in [0.2, 0.25) is 0 Å². The maximum Gasteiger partial charge on any atom is 0.177 e. The maximum atomic E-state index is 13.7. The minimum atomic E-state index is -0.226. The molecule has 6 aromatic rings. The third-order valence-electron chi connectivity index (χ3n) is 6.62. The number of nitrogens with one attached hydrogen (secondary N) is 3. The minimum absolute atomic E-state index is 0.226. The van der Waals surface area contributed by atoms with Crippen molar-refractivity contribution in [2.75, 3.05) is 5.32 Å². The molecule has 3 N–H and O–H groups in total. The van der Waals surface area contributed by atoms with Gasteiger partial charge in [0.1, 0.15) is 5.69 Å². The predicted octanol–water partition coefficient (Wildman–Crippen LogP) is 7.37.